The summed E-state index contributed by atoms with van der Waals surface area (Å²) < 4.78 is 0. The van der Waals surface area contributed by atoms with Crippen LogP contribution >= 0.6 is 0 Å². The van der Waals surface area contributed by atoms with Gasteiger partial charge in [-0.05, 0) is 13.3 Å². The van der Waals surface area contributed by atoms with Gasteiger partial charge >= 0.3 is 5.69 Å². The molecule has 0 aromatic carbocycles. The van der Waals surface area contributed by atoms with Gasteiger partial charge in [0.1, 0.15) is 5.69 Å². The van der Waals surface area contributed by atoms with Gasteiger partial charge in [0.15, 0.2) is 0 Å². The molecule has 0 saturated carbocycles. The van der Waals surface area contributed by atoms with Crippen LogP contribution in [0.25, 0.3) is 0 Å². The first-order valence-corrected chi connectivity index (χ1v) is 5.67. The standard InChI is InChI=1S/C10H17N5O4/c1-3-10(4-16,5-17)14-8-7(15(18)19)6(2)12-9(11)13-8/h16-17H,3-5H2,1-2H3,(H3,11,12,13,14). The zero-order chi connectivity index (χ0) is 14.6. The summed E-state index contributed by atoms with van der Waals surface area (Å²) in [6, 6.07) is 0. The molecule has 0 bridgehead atoms. The summed E-state index contributed by atoms with van der Waals surface area (Å²) >= 11 is 0. The van der Waals surface area contributed by atoms with Gasteiger partial charge in [-0.1, -0.05) is 6.92 Å². The minimum atomic E-state index is -1.10. The molecule has 0 spiro atoms. The molecule has 0 aliphatic heterocycles. The van der Waals surface area contributed by atoms with Crippen LogP contribution in [0, 0.1) is 17.0 Å². The summed E-state index contributed by atoms with van der Waals surface area (Å²) in [5.41, 5.74) is 4.15. The first-order valence-electron chi connectivity index (χ1n) is 5.67. The highest BCUT2D eigenvalue weighted by atomic mass is 16.6. The van der Waals surface area contributed by atoms with Gasteiger partial charge in [0.2, 0.25) is 11.8 Å². The fraction of sp³-hybridized carbons (Fsp3) is 0.600. The van der Waals surface area contributed by atoms with Gasteiger partial charge in [-0.15, -0.1) is 0 Å². The van der Waals surface area contributed by atoms with Gasteiger partial charge in [-0.2, -0.15) is 4.98 Å². The van der Waals surface area contributed by atoms with E-state index in [1.54, 1.807) is 6.92 Å². The van der Waals surface area contributed by atoms with Crippen molar-refractivity contribution in [3.8, 4) is 0 Å². The Morgan fingerprint density at radius 2 is 2.00 bits per heavy atom. The molecular weight excluding hydrogens is 254 g/mol. The first kappa shape index (κ1) is 15.1. The third-order valence-corrected chi connectivity index (χ3v) is 2.92. The number of nitro groups is 1. The van der Waals surface area contributed by atoms with E-state index < -0.39 is 23.7 Å². The quantitative estimate of drug-likeness (QED) is 0.411. The number of aromatic nitrogens is 2. The van der Waals surface area contributed by atoms with E-state index in [4.69, 9.17) is 5.73 Å². The number of nitrogens with zero attached hydrogens (tertiary/aromatic N) is 3. The third-order valence-electron chi connectivity index (χ3n) is 2.92. The molecule has 0 amide bonds. The Balaban J connectivity index is 3.30. The number of hydrogen-bond donors (Lipinski definition) is 4. The zero-order valence-electron chi connectivity index (χ0n) is 10.8. The van der Waals surface area contributed by atoms with Gasteiger partial charge in [0.25, 0.3) is 0 Å². The lowest BCUT2D eigenvalue weighted by molar-refractivity contribution is -0.385. The van der Waals surface area contributed by atoms with Gasteiger partial charge in [-0.25, -0.2) is 4.98 Å². The minimum Gasteiger partial charge on any atom is -0.394 e. The van der Waals surface area contributed by atoms with Crippen LogP contribution in [0.15, 0.2) is 0 Å². The smallest absolute Gasteiger partial charge is 0.332 e. The van der Waals surface area contributed by atoms with E-state index in [0.29, 0.717) is 6.42 Å². The van der Waals surface area contributed by atoms with Crippen molar-refractivity contribution >= 4 is 17.5 Å². The second-order valence-electron chi connectivity index (χ2n) is 4.20. The normalized spacial score (nSPS) is 11.4. The van der Waals surface area contributed by atoms with Gasteiger partial charge in [0.05, 0.1) is 23.7 Å². The molecule has 0 saturated heterocycles. The molecule has 5 N–H and O–H groups in total. The lowest BCUT2D eigenvalue weighted by atomic mass is 9.98. The lowest BCUT2D eigenvalue weighted by Crippen LogP contribution is -2.45. The van der Waals surface area contributed by atoms with Crippen LogP contribution < -0.4 is 11.1 Å². The number of nitrogens with two attached hydrogens (primary N) is 1. The summed E-state index contributed by atoms with van der Waals surface area (Å²) in [6.45, 7) is 2.36. The predicted molar refractivity (Wildman–Crippen MR) is 68.7 cm³/mol. The molecule has 1 heterocycles. The van der Waals surface area contributed by atoms with Crippen molar-refractivity contribution < 1.29 is 15.1 Å². The average Bonchev–Trinajstić information content (AvgIpc) is 2.34. The topological polar surface area (TPSA) is 147 Å². The van der Waals surface area contributed by atoms with Crippen LogP contribution in [0.3, 0.4) is 0 Å². The van der Waals surface area contributed by atoms with E-state index in [-0.39, 0.29) is 23.1 Å². The zero-order valence-corrected chi connectivity index (χ0v) is 10.8. The molecule has 1 rings (SSSR count). The van der Waals surface area contributed by atoms with Crippen LogP contribution in [0.2, 0.25) is 0 Å². The highest BCUT2D eigenvalue weighted by Crippen LogP contribution is 2.29. The summed E-state index contributed by atoms with van der Waals surface area (Å²) in [7, 11) is 0. The summed E-state index contributed by atoms with van der Waals surface area (Å²) in [6.07, 6.45) is 0.347. The Morgan fingerprint density at radius 3 is 2.42 bits per heavy atom. The summed E-state index contributed by atoms with van der Waals surface area (Å²) in [4.78, 5) is 17.9. The Bertz CT molecular complexity index is 467. The number of nitrogens with one attached hydrogen (secondary N) is 1. The number of aliphatic hydroxyl groups is 2. The number of aryl methyl sites for hydroxylation is 1. The largest absolute Gasteiger partial charge is 0.394 e. The first-order chi connectivity index (χ1) is 8.89. The van der Waals surface area contributed by atoms with Crippen LogP contribution in [0.5, 0.6) is 0 Å². The van der Waals surface area contributed by atoms with Crippen LogP contribution in [0.1, 0.15) is 19.0 Å². The molecule has 1 aromatic rings. The number of aliphatic hydroxyl groups excluding tert-OH is 2. The SMILES string of the molecule is CCC(CO)(CO)Nc1nc(N)nc(C)c1[N+](=O)[O-]. The number of anilines is 2. The number of hydrogen-bond acceptors (Lipinski definition) is 8. The summed E-state index contributed by atoms with van der Waals surface area (Å²) in [5, 5.41) is 32.4. The monoisotopic (exact) mass is 271 g/mol. The third kappa shape index (κ3) is 3.06. The van der Waals surface area contributed by atoms with Crippen LogP contribution in [-0.4, -0.2) is 43.9 Å². The fourth-order valence-corrected chi connectivity index (χ4v) is 1.59. The number of nitrogen functional groups attached to an aromatic ring is 1. The van der Waals surface area contributed by atoms with E-state index in [1.807, 2.05) is 0 Å². The average molecular weight is 271 g/mol. The Kier molecular flexibility index (Phi) is 4.57. The van der Waals surface area contributed by atoms with Crippen molar-refractivity contribution in [2.75, 3.05) is 24.3 Å². The van der Waals surface area contributed by atoms with E-state index in [1.165, 1.54) is 6.92 Å². The Morgan fingerprint density at radius 1 is 1.42 bits per heavy atom. The summed E-state index contributed by atoms with van der Waals surface area (Å²) in [5.74, 6) is -0.230. The van der Waals surface area contributed by atoms with E-state index in [0.717, 1.165) is 0 Å². The van der Waals surface area contributed by atoms with Gasteiger partial charge in [-0.3, -0.25) is 10.1 Å². The molecule has 0 fully saturated rings. The van der Waals surface area contributed by atoms with E-state index in [9.17, 15) is 20.3 Å². The van der Waals surface area contributed by atoms with Crippen LogP contribution in [0.4, 0.5) is 17.5 Å². The molecule has 0 aliphatic rings. The maximum absolute atomic E-state index is 11.0. The van der Waals surface area contributed by atoms with E-state index >= 15 is 0 Å². The molecule has 0 aliphatic carbocycles. The van der Waals surface area contributed by atoms with Crippen molar-refractivity contribution in [3.63, 3.8) is 0 Å². The van der Waals surface area contributed by atoms with Crippen molar-refractivity contribution in [2.45, 2.75) is 25.8 Å². The molecule has 0 unspecified atom stereocenters. The van der Waals surface area contributed by atoms with Crippen LogP contribution in [-0.2, 0) is 0 Å². The van der Waals surface area contributed by atoms with Crippen molar-refractivity contribution in [1.29, 1.82) is 0 Å². The lowest BCUT2D eigenvalue weighted by Gasteiger charge is -2.30. The highest BCUT2D eigenvalue weighted by Gasteiger charge is 2.31. The Labute approximate surface area is 109 Å². The molecular formula is C10H17N5O4. The Hall–Kier alpha value is -2.00. The minimum absolute atomic E-state index is 0.111. The second-order valence-corrected chi connectivity index (χ2v) is 4.20. The number of rotatable bonds is 6. The highest BCUT2D eigenvalue weighted by molar-refractivity contribution is 5.61. The fourth-order valence-electron chi connectivity index (χ4n) is 1.59. The maximum Gasteiger partial charge on any atom is 0.332 e. The molecule has 0 radical (unpaired) electrons. The van der Waals surface area contributed by atoms with Gasteiger partial charge < -0.3 is 21.3 Å². The van der Waals surface area contributed by atoms with Crippen molar-refractivity contribution in [1.82, 2.24) is 9.97 Å². The van der Waals surface area contributed by atoms with Crippen molar-refractivity contribution in [3.05, 3.63) is 15.8 Å². The molecule has 9 heteroatoms. The molecule has 19 heavy (non-hydrogen) atoms. The maximum atomic E-state index is 11.0. The molecule has 0 atom stereocenters. The second kappa shape index (κ2) is 5.76. The van der Waals surface area contributed by atoms with E-state index in [2.05, 4.69) is 15.3 Å². The molecule has 106 valence electrons. The van der Waals surface area contributed by atoms with Gasteiger partial charge in [0, 0.05) is 0 Å². The molecule has 9 nitrogen and oxygen atoms in total. The predicted octanol–water partition coefficient (Wildman–Crippen LogP) is -0.179. The molecule has 1 aromatic heterocycles. The van der Waals surface area contributed by atoms with Crippen molar-refractivity contribution in [2.24, 2.45) is 0 Å².